The van der Waals surface area contributed by atoms with Crippen LogP contribution in [0.4, 0.5) is 4.79 Å². The fourth-order valence-electron chi connectivity index (χ4n) is 4.63. The lowest BCUT2D eigenvalue weighted by Crippen LogP contribution is -2.47. The topological polar surface area (TPSA) is 80.6 Å². The van der Waals surface area contributed by atoms with Crippen molar-refractivity contribution in [3.63, 3.8) is 0 Å². The predicted molar refractivity (Wildman–Crippen MR) is 120 cm³/mol. The molecule has 0 saturated carbocycles. The van der Waals surface area contributed by atoms with Gasteiger partial charge in [0.05, 0.1) is 19.7 Å². The van der Waals surface area contributed by atoms with E-state index in [9.17, 15) is 14.4 Å². The van der Waals surface area contributed by atoms with Crippen molar-refractivity contribution in [3.05, 3.63) is 75.2 Å². The normalized spacial score (nSPS) is 19.8. The molecule has 3 aromatic rings. The first kappa shape index (κ1) is 20.5. The summed E-state index contributed by atoms with van der Waals surface area (Å²) in [4.78, 5) is 41.6. The second kappa shape index (κ2) is 7.63. The zero-order valence-corrected chi connectivity index (χ0v) is 18.7. The zero-order chi connectivity index (χ0) is 22.5. The molecule has 1 aromatic carbocycles. The van der Waals surface area contributed by atoms with Crippen molar-refractivity contribution in [1.82, 2.24) is 14.8 Å². The number of thiophene rings is 1. The largest absolute Gasteiger partial charge is 0.493 e. The lowest BCUT2D eigenvalue weighted by Gasteiger charge is -2.33. The molecule has 2 aliphatic heterocycles. The molecule has 0 radical (unpaired) electrons. The molecule has 2 aromatic heterocycles. The van der Waals surface area contributed by atoms with Gasteiger partial charge in [0.25, 0.3) is 5.91 Å². The van der Waals surface area contributed by atoms with Crippen LogP contribution in [0.5, 0.6) is 5.75 Å². The van der Waals surface area contributed by atoms with Gasteiger partial charge in [-0.05, 0) is 37.4 Å². The van der Waals surface area contributed by atoms with Crippen LogP contribution in [0, 0.1) is 13.8 Å². The van der Waals surface area contributed by atoms with Crippen LogP contribution in [0.2, 0.25) is 0 Å². The first-order valence-electron chi connectivity index (χ1n) is 10.5. The molecule has 32 heavy (non-hydrogen) atoms. The molecule has 1 N–H and O–H groups in total. The molecule has 164 valence electrons. The molecular formula is C24H23N3O4S. The van der Waals surface area contributed by atoms with Gasteiger partial charge in [-0.1, -0.05) is 24.3 Å². The Morgan fingerprint density at radius 1 is 1.19 bits per heavy atom. The Hall–Kier alpha value is -3.39. The van der Waals surface area contributed by atoms with E-state index in [0.717, 1.165) is 16.3 Å². The van der Waals surface area contributed by atoms with E-state index in [1.807, 2.05) is 43.5 Å². The van der Waals surface area contributed by atoms with E-state index in [1.165, 1.54) is 4.88 Å². The standard InChI is InChI=1S/C24H23N3O4S/c1-15-12-18(16(2)26(15)13-17-6-5-11-32-17)20(28)14-27-22(29)24(25-23(27)30)9-10-31-21-8-4-3-7-19(21)24/h3-8,11-12H,9-10,13-14H2,1-2H3,(H,25,30)/t24-/m1/s1. The van der Waals surface area contributed by atoms with Gasteiger partial charge in [-0.3, -0.25) is 14.5 Å². The van der Waals surface area contributed by atoms with E-state index in [4.69, 9.17) is 4.74 Å². The van der Waals surface area contributed by atoms with E-state index in [2.05, 4.69) is 16.0 Å². The number of aryl methyl sites for hydroxylation is 1. The molecule has 5 rings (SSSR count). The maximum atomic E-state index is 13.4. The molecule has 0 unspecified atom stereocenters. The van der Waals surface area contributed by atoms with Crippen LogP contribution in [0.15, 0.2) is 47.8 Å². The molecule has 4 heterocycles. The van der Waals surface area contributed by atoms with Crippen molar-refractivity contribution in [3.8, 4) is 5.75 Å². The molecule has 1 spiro atoms. The molecule has 7 nitrogen and oxygen atoms in total. The van der Waals surface area contributed by atoms with Crippen LogP contribution in [-0.4, -0.2) is 40.3 Å². The first-order valence-corrected chi connectivity index (χ1v) is 11.4. The predicted octanol–water partition coefficient (Wildman–Crippen LogP) is 3.63. The molecule has 8 heteroatoms. The van der Waals surface area contributed by atoms with Gasteiger partial charge in [-0.2, -0.15) is 0 Å². The highest BCUT2D eigenvalue weighted by atomic mass is 32.1. The molecule has 3 amide bonds. The molecule has 2 aliphatic rings. The molecule has 1 saturated heterocycles. The molecule has 1 atom stereocenters. The van der Waals surface area contributed by atoms with Crippen LogP contribution >= 0.6 is 11.3 Å². The number of nitrogens with one attached hydrogen (secondary N) is 1. The number of hydrogen-bond donors (Lipinski definition) is 1. The number of imide groups is 1. The van der Waals surface area contributed by atoms with E-state index >= 15 is 0 Å². The molecule has 1 fully saturated rings. The van der Waals surface area contributed by atoms with E-state index in [0.29, 0.717) is 36.4 Å². The lowest BCUT2D eigenvalue weighted by atomic mass is 9.84. The van der Waals surface area contributed by atoms with Gasteiger partial charge < -0.3 is 14.6 Å². The minimum Gasteiger partial charge on any atom is -0.493 e. The second-order valence-corrected chi connectivity index (χ2v) is 9.23. The summed E-state index contributed by atoms with van der Waals surface area (Å²) in [6.07, 6.45) is 0.328. The number of ketones is 1. The van der Waals surface area contributed by atoms with Crippen LogP contribution in [0.25, 0.3) is 0 Å². The number of Topliss-reactive ketones (excluding diaryl/α,β-unsaturated/α-hetero) is 1. The summed E-state index contributed by atoms with van der Waals surface area (Å²) in [6, 6.07) is 12.6. The number of aromatic nitrogens is 1. The van der Waals surface area contributed by atoms with Crippen molar-refractivity contribution in [2.45, 2.75) is 32.4 Å². The summed E-state index contributed by atoms with van der Waals surface area (Å²) in [6.45, 7) is 4.56. The minimum absolute atomic E-state index is 0.253. The average Bonchev–Trinajstić information content (AvgIpc) is 3.46. The van der Waals surface area contributed by atoms with Crippen molar-refractivity contribution < 1.29 is 19.1 Å². The summed E-state index contributed by atoms with van der Waals surface area (Å²) in [5.74, 6) is -0.0758. The molecule has 0 bridgehead atoms. The Balaban J connectivity index is 1.40. The van der Waals surface area contributed by atoms with Crippen molar-refractivity contribution in [1.29, 1.82) is 0 Å². The van der Waals surface area contributed by atoms with Crippen molar-refractivity contribution in [2.75, 3.05) is 13.2 Å². The van der Waals surface area contributed by atoms with Crippen LogP contribution in [0.3, 0.4) is 0 Å². The molecule has 0 aliphatic carbocycles. The highest BCUT2D eigenvalue weighted by Gasteiger charge is 2.55. The number of ether oxygens (including phenoxy) is 1. The maximum Gasteiger partial charge on any atom is 0.325 e. The highest BCUT2D eigenvalue weighted by molar-refractivity contribution is 7.09. The van der Waals surface area contributed by atoms with Gasteiger partial charge in [-0.25, -0.2) is 4.79 Å². The number of rotatable bonds is 5. The van der Waals surface area contributed by atoms with Gasteiger partial charge in [0, 0.05) is 33.8 Å². The minimum atomic E-state index is -1.18. The Morgan fingerprint density at radius 3 is 2.78 bits per heavy atom. The monoisotopic (exact) mass is 449 g/mol. The fraction of sp³-hybridized carbons (Fsp3) is 0.292. The number of carbonyl (C=O) groups excluding carboxylic acids is 3. The number of fused-ring (bicyclic) bond motifs is 2. The van der Waals surface area contributed by atoms with Gasteiger partial charge >= 0.3 is 6.03 Å². The summed E-state index contributed by atoms with van der Waals surface area (Å²) in [5.41, 5.74) is 1.79. The first-order chi connectivity index (χ1) is 15.4. The number of amides is 3. The van der Waals surface area contributed by atoms with E-state index in [1.54, 1.807) is 23.5 Å². The third-order valence-corrected chi connectivity index (χ3v) is 7.19. The lowest BCUT2D eigenvalue weighted by molar-refractivity contribution is -0.132. The average molecular weight is 450 g/mol. The highest BCUT2D eigenvalue weighted by Crippen LogP contribution is 2.41. The summed E-state index contributed by atoms with van der Waals surface area (Å²) in [7, 11) is 0. The van der Waals surface area contributed by atoms with Gasteiger partial charge in [-0.15, -0.1) is 11.3 Å². The number of para-hydroxylation sites is 1. The third kappa shape index (κ3) is 3.14. The maximum absolute atomic E-state index is 13.4. The number of nitrogens with zero attached hydrogens (tertiary/aromatic N) is 2. The second-order valence-electron chi connectivity index (χ2n) is 8.19. The third-order valence-electron chi connectivity index (χ3n) is 6.33. The zero-order valence-electron chi connectivity index (χ0n) is 17.9. The Bertz CT molecular complexity index is 1230. The van der Waals surface area contributed by atoms with Crippen molar-refractivity contribution >= 4 is 29.1 Å². The summed E-state index contributed by atoms with van der Waals surface area (Å²) >= 11 is 1.66. The van der Waals surface area contributed by atoms with Crippen LogP contribution in [-0.2, 0) is 16.9 Å². The number of hydrogen-bond acceptors (Lipinski definition) is 5. The Labute approximate surface area is 189 Å². The number of urea groups is 1. The van der Waals surface area contributed by atoms with Gasteiger partial charge in [0.15, 0.2) is 11.3 Å². The molecular weight excluding hydrogens is 426 g/mol. The van der Waals surface area contributed by atoms with E-state index in [-0.39, 0.29) is 12.3 Å². The number of carbonyl (C=O) groups is 3. The quantitative estimate of drug-likeness (QED) is 0.477. The Kier molecular flexibility index (Phi) is 4.89. The number of benzene rings is 1. The van der Waals surface area contributed by atoms with Gasteiger partial charge in [0.2, 0.25) is 0 Å². The smallest absolute Gasteiger partial charge is 0.325 e. The fourth-order valence-corrected chi connectivity index (χ4v) is 5.32. The Morgan fingerprint density at radius 2 is 2.00 bits per heavy atom. The van der Waals surface area contributed by atoms with Crippen LogP contribution in [0.1, 0.15) is 38.6 Å². The van der Waals surface area contributed by atoms with Crippen molar-refractivity contribution in [2.24, 2.45) is 0 Å². The SMILES string of the molecule is Cc1cc(C(=O)CN2C(=O)N[C@@]3(CCOc4ccccc43)C2=O)c(C)n1Cc1cccs1. The van der Waals surface area contributed by atoms with Gasteiger partial charge in [0.1, 0.15) is 5.75 Å². The van der Waals surface area contributed by atoms with Crippen LogP contribution < -0.4 is 10.1 Å². The summed E-state index contributed by atoms with van der Waals surface area (Å²) < 4.78 is 7.75. The van der Waals surface area contributed by atoms with E-state index < -0.39 is 17.5 Å². The summed E-state index contributed by atoms with van der Waals surface area (Å²) in [5, 5.41) is 4.87.